The molecule has 0 spiro atoms. The third-order valence-electron chi connectivity index (χ3n) is 4.23. The van der Waals surface area contributed by atoms with Gasteiger partial charge in [-0.2, -0.15) is 0 Å². The molecule has 0 unspecified atom stereocenters. The Morgan fingerprint density at radius 2 is 1.66 bits per heavy atom. The van der Waals surface area contributed by atoms with Crippen LogP contribution in [0.1, 0.15) is 41.5 Å². The van der Waals surface area contributed by atoms with Gasteiger partial charge in [0.05, 0.1) is 6.61 Å². The van der Waals surface area contributed by atoms with Crippen molar-refractivity contribution in [2.24, 2.45) is 0 Å². The van der Waals surface area contributed by atoms with Gasteiger partial charge in [-0.3, -0.25) is 14.4 Å². The Kier molecular flexibility index (Phi) is 8.21. The number of benzene rings is 2. The highest BCUT2D eigenvalue weighted by Gasteiger charge is 2.13. The molecule has 0 aliphatic carbocycles. The Labute approximate surface area is 170 Å². The van der Waals surface area contributed by atoms with Crippen LogP contribution in [0.4, 0.5) is 5.69 Å². The van der Waals surface area contributed by atoms with E-state index < -0.39 is 0 Å². The fourth-order valence-corrected chi connectivity index (χ4v) is 2.72. The molecule has 0 aliphatic heterocycles. The number of nitrogens with one attached hydrogen (secondary N) is 1. The van der Waals surface area contributed by atoms with Crippen LogP contribution in [0.3, 0.4) is 0 Å². The summed E-state index contributed by atoms with van der Waals surface area (Å²) in [5, 5.41) is 2.72. The molecule has 7 heteroatoms. The van der Waals surface area contributed by atoms with Crippen LogP contribution in [-0.4, -0.2) is 49.3 Å². The van der Waals surface area contributed by atoms with Gasteiger partial charge in [0.1, 0.15) is 6.29 Å². The molecule has 0 fully saturated rings. The highest BCUT2D eigenvalue weighted by molar-refractivity contribution is 5.96. The molecular weight excluding hydrogens is 372 g/mol. The molecule has 0 saturated carbocycles. The van der Waals surface area contributed by atoms with E-state index in [1.54, 1.807) is 47.4 Å². The predicted molar refractivity (Wildman–Crippen MR) is 111 cm³/mol. The van der Waals surface area contributed by atoms with Gasteiger partial charge in [-0.05, 0) is 63.2 Å². The lowest BCUT2D eigenvalue weighted by molar-refractivity contribution is -0.118. The van der Waals surface area contributed by atoms with Crippen molar-refractivity contribution in [3.8, 4) is 11.5 Å². The molecule has 0 saturated heterocycles. The van der Waals surface area contributed by atoms with Crippen LogP contribution >= 0.6 is 0 Å². The number of hydrogen-bond donors (Lipinski definition) is 1. The number of amides is 2. The van der Waals surface area contributed by atoms with Gasteiger partial charge in [-0.25, -0.2) is 0 Å². The van der Waals surface area contributed by atoms with Crippen LogP contribution in [0.2, 0.25) is 0 Å². The van der Waals surface area contributed by atoms with Crippen LogP contribution in [0.25, 0.3) is 0 Å². The molecule has 0 bridgehead atoms. The molecule has 29 heavy (non-hydrogen) atoms. The maximum absolute atomic E-state index is 12.3. The summed E-state index contributed by atoms with van der Waals surface area (Å²) in [6, 6.07) is 11.5. The van der Waals surface area contributed by atoms with Gasteiger partial charge in [0.2, 0.25) is 0 Å². The molecule has 0 radical (unpaired) electrons. The lowest BCUT2D eigenvalue weighted by atomic mass is 10.2. The Morgan fingerprint density at radius 3 is 2.24 bits per heavy atom. The smallest absolute Gasteiger partial charge is 0.262 e. The molecule has 2 aromatic carbocycles. The largest absolute Gasteiger partial charge is 0.490 e. The van der Waals surface area contributed by atoms with Crippen LogP contribution in [-0.2, 0) is 4.79 Å². The minimum Gasteiger partial charge on any atom is -0.490 e. The van der Waals surface area contributed by atoms with Crippen molar-refractivity contribution in [1.29, 1.82) is 0 Å². The summed E-state index contributed by atoms with van der Waals surface area (Å²) in [5.41, 5.74) is 1.60. The highest BCUT2D eigenvalue weighted by Crippen LogP contribution is 2.28. The number of carbonyl (C=O) groups is 3. The Hall–Kier alpha value is -3.35. The monoisotopic (exact) mass is 398 g/mol. The van der Waals surface area contributed by atoms with Crippen molar-refractivity contribution in [1.82, 2.24) is 4.90 Å². The molecule has 2 aromatic rings. The number of nitrogens with zero attached hydrogens (tertiary/aromatic N) is 1. The first-order valence-corrected chi connectivity index (χ1v) is 9.56. The summed E-state index contributed by atoms with van der Waals surface area (Å²) in [7, 11) is 0. The van der Waals surface area contributed by atoms with Gasteiger partial charge in [-0.1, -0.05) is 0 Å². The van der Waals surface area contributed by atoms with Crippen molar-refractivity contribution in [2.45, 2.75) is 20.8 Å². The normalized spacial score (nSPS) is 10.2. The first kappa shape index (κ1) is 21.9. The van der Waals surface area contributed by atoms with Crippen molar-refractivity contribution >= 4 is 23.8 Å². The van der Waals surface area contributed by atoms with Gasteiger partial charge in [0, 0.05) is 29.9 Å². The Balaban J connectivity index is 1.96. The molecule has 1 N–H and O–H groups in total. The summed E-state index contributed by atoms with van der Waals surface area (Å²) in [4.78, 5) is 37.1. The summed E-state index contributed by atoms with van der Waals surface area (Å²) in [6.45, 7) is 7.15. The quantitative estimate of drug-likeness (QED) is 0.620. The zero-order valence-electron chi connectivity index (χ0n) is 16.9. The molecular formula is C22H26N2O5. The number of ether oxygens (including phenoxy) is 2. The van der Waals surface area contributed by atoms with E-state index >= 15 is 0 Å². The van der Waals surface area contributed by atoms with Gasteiger partial charge in [0.15, 0.2) is 18.1 Å². The second-order valence-corrected chi connectivity index (χ2v) is 6.15. The highest BCUT2D eigenvalue weighted by atomic mass is 16.5. The zero-order valence-corrected chi connectivity index (χ0v) is 16.9. The topological polar surface area (TPSA) is 84.9 Å². The molecule has 0 heterocycles. The molecule has 0 aliphatic rings. The maximum atomic E-state index is 12.3. The second-order valence-electron chi connectivity index (χ2n) is 6.15. The summed E-state index contributed by atoms with van der Waals surface area (Å²) in [6.07, 6.45) is 0.716. The van der Waals surface area contributed by atoms with Gasteiger partial charge < -0.3 is 19.7 Å². The van der Waals surface area contributed by atoms with Crippen LogP contribution in [0.5, 0.6) is 11.5 Å². The van der Waals surface area contributed by atoms with E-state index in [0.717, 1.165) is 0 Å². The summed E-state index contributed by atoms with van der Waals surface area (Å²) >= 11 is 0. The molecule has 2 rings (SSSR count). The summed E-state index contributed by atoms with van der Waals surface area (Å²) < 4.78 is 11.0. The molecule has 0 atom stereocenters. The van der Waals surface area contributed by atoms with E-state index in [0.29, 0.717) is 54.3 Å². The minimum absolute atomic E-state index is 0.0431. The Morgan fingerprint density at radius 1 is 0.966 bits per heavy atom. The van der Waals surface area contributed by atoms with Crippen molar-refractivity contribution < 1.29 is 23.9 Å². The third kappa shape index (κ3) is 6.07. The van der Waals surface area contributed by atoms with E-state index in [9.17, 15) is 14.4 Å². The van der Waals surface area contributed by atoms with E-state index in [4.69, 9.17) is 9.47 Å². The molecule has 154 valence electrons. The van der Waals surface area contributed by atoms with E-state index in [1.165, 1.54) is 0 Å². The SMILES string of the molecule is CCOc1cc(C=O)ccc1OCC(=O)Nc1ccc(C(=O)N(CC)CC)cc1. The zero-order chi connectivity index (χ0) is 21.2. The predicted octanol–water partition coefficient (Wildman–Crippen LogP) is 3.40. The Bertz CT molecular complexity index is 845. The van der Waals surface area contributed by atoms with Gasteiger partial charge in [0.25, 0.3) is 11.8 Å². The van der Waals surface area contributed by atoms with Crippen molar-refractivity contribution in [2.75, 3.05) is 31.6 Å². The number of aldehydes is 1. The van der Waals surface area contributed by atoms with Crippen LogP contribution < -0.4 is 14.8 Å². The van der Waals surface area contributed by atoms with E-state index in [1.807, 2.05) is 20.8 Å². The lowest BCUT2D eigenvalue weighted by Crippen LogP contribution is -2.30. The van der Waals surface area contributed by atoms with Gasteiger partial charge >= 0.3 is 0 Å². The average Bonchev–Trinajstić information content (AvgIpc) is 2.74. The minimum atomic E-state index is -0.352. The van der Waals surface area contributed by atoms with E-state index in [2.05, 4.69) is 5.32 Å². The molecule has 7 nitrogen and oxygen atoms in total. The second kappa shape index (κ2) is 10.8. The average molecular weight is 398 g/mol. The first-order chi connectivity index (χ1) is 14.0. The van der Waals surface area contributed by atoms with Crippen LogP contribution in [0.15, 0.2) is 42.5 Å². The van der Waals surface area contributed by atoms with Gasteiger partial charge in [-0.15, -0.1) is 0 Å². The molecule has 0 aromatic heterocycles. The van der Waals surface area contributed by atoms with Crippen LogP contribution in [0, 0.1) is 0 Å². The number of hydrogen-bond acceptors (Lipinski definition) is 5. The third-order valence-corrected chi connectivity index (χ3v) is 4.23. The van der Waals surface area contributed by atoms with Crippen molar-refractivity contribution in [3.63, 3.8) is 0 Å². The summed E-state index contributed by atoms with van der Waals surface area (Å²) in [5.74, 6) is 0.394. The van der Waals surface area contributed by atoms with Crippen molar-refractivity contribution in [3.05, 3.63) is 53.6 Å². The lowest BCUT2D eigenvalue weighted by Gasteiger charge is -2.18. The fraction of sp³-hybridized carbons (Fsp3) is 0.318. The number of anilines is 1. The number of carbonyl (C=O) groups excluding carboxylic acids is 3. The maximum Gasteiger partial charge on any atom is 0.262 e. The fourth-order valence-electron chi connectivity index (χ4n) is 2.72. The molecule has 2 amide bonds. The van der Waals surface area contributed by atoms with E-state index in [-0.39, 0.29) is 18.4 Å². The first-order valence-electron chi connectivity index (χ1n) is 9.56. The standard InChI is InChI=1S/C22H26N2O5/c1-4-24(5-2)22(27)17-8-10-18(11-9-17)23-21(26)15-29-19-12-7-16(14-25)13-20(19)28-6-3/h7-14H,4-6,15H2,1-3H3,(H,23,26). The number of rotatable bonds is 10.